The minimum Gasteiger partial charge on any atom is -0.311 e. The second-order valence-electron chi connectivity index (χ2n) is 7.11. The number of pyridine rings is 1. The molecule has 1 aromatic rings. The third kappa shape index (κ3) is 5.40. The first-order chi connectivity index (χ1) is 10.0. The Kier molecular flexibility index (Phi) is 6.19. The molecule has 0 bridgehead atoms. The molecule has 3 heteroatoms. The summed E-state index contributed by atoms with van der Waals surface area (Å²) in [5.74, 6) is 1.50. The average Bonchev–Trinajstić information content (AvgIpc) is 2.43. The number of aromatic nitrogens is 1. The quantitative estimate of drug-likeness (QED) is 0.869. The van der Waals surface area contributed by atoms with E-state index in [1.165, 1.54) is 25.1 Å². The number of piperidine rings is 1. The van der Waals surface area contributed by atoms with Gasteiger partial charge in [-0.3, -0.25) is 9.88 Å². The fourth-order valence-corrected chi connectivity index (χ4v) is 3.01. The topological polar surface area (TPSA) is 28.2 Å². The van der Waals surface area contributed by atoms with E-state index in [-0.39, 0.29) is 0 Å². The SMILES string of the molecule is CC(C)CNCc1cccc(CN2CC(C)CCC2C)n1. The monoisotopic (exact) mass is 289 g/mol. The molecule has 1 aliphatic heterocycles. The van der Waals surface area contributed by atoms with Crippen molar-refractivity contribution in [2.45, 2.75) is 59.7 Å². The molecule has 1 fully saturated rings. The Hall–Kier alpha value is -0.930. The molecule has 1 aromatic heterocycles. The summed E-state index contributed by atoms with van der Waals surface area (Å²) < 4.78 is 0. The summed E-state index contributed by atoms with van der Waals surface area (Å²) in [5.41, 5.74) is 2.37. The highest BCUT2D eigenvalue weighted by atomic mass is 15.2. The highest BCUT2D eigenvalue weighted by molar-refractivity contribution is 5.11. The van der Waals surface area contributed by atoms with E-state index < -0.39 is 0 Å². The van der Waals surface area contributed by atoms with Crippen LogP contribution in [-0.4, -0.2) is 29.0 Å². The van der Waals surface area contributed by atoms with Crippen LogP contribution in [0.4, 0.5) is 0 Å². The van der Waals surface area contributed by atoms with Crippen molar-refractivity contribution in [2.24, 2.45) is 11.8 Å². The summed E-state index contributed by atoms with van der Waals surface area (Å²) in [6.07, 6.45) is 2.68. The van der Waals surface area contributed by atoms with Gasteiger partial charge in [-0.25, -0.2) is 0 Å². The van der Waals surface area contributed by atoms with Gasteiger partial charge in [0.25, 0.3) is 0 Å². The van der Waals surface area contributed by atoms with Crippen molar-refractivity contribution in [1.29, 1.82) is 0 Å². The average molecular weight is 289 g/mol. The molecule has 2 atom stereocenters. The lowest BCUT2D eigenvalue weighted by Crippen LogP contribution is -2.40. The lowest BCUT2D eigenvalue weighted by molar-refractivity contribution is 0.116. The van der Waals surface area contributed by atoms with E-state index in [0.717, 1.165) is 31.2 Å². The molecule has 0 amide bonds. The zero-order valence-electron chi connectivity index (χ0n) is 14.1. The molecule has 3 nitrogen and oxygen atoms in total. The highest BCUT2D eigenvalue weighted by Gasteiger charge is 2.22. The number of likely N-dealkylation sites (tertiary alicyclic amines) is 1. The summed E-state index contributed by atoms with van der Waals surface area (Å²) >= 11 is 0. The van der Waals surface area contributed by atoms with Crippen LogP contribution in [0.15, 0.2) is 18.2 Å². The van der Waals surface area contributed by atoms with Crippen LogP contribution in [0.2, 0.25) is 0 Å². The molecule has 2 rings (SSSR count). The Balaban J connectivity index is 1.90. The maximum absolute atomic E-state index is 4.82. The van der Waals surface area contributed by atoms with Gasteiger partial charge in [0.2, 0.25) is 0 Å². The molecule has 2 unspecified atom stereocenters. The minimum atomic E-state index is 0.684. The molecule has 0 aliphatic carbocycles. The number of rotatable bonds is 6. The second kappa shape index (κ2) is 7.90. The molecule has 2 heterocycles. The van der Waals surface area contributed by atoms with Crippen LogP contribution in [0.3, 0.4) is 0 Å². The van der Waals surface area contributed by atoms with E-state index in [0.29, 0.717) is 12.0 Å². The van der Waals surface area contributed by atoms with Crippen molar-refractivity contribution >= 4 is 0 Å². The largest absolute Gasteiger partial charge is 0.311 e. The van der Waals surface area contributed by atoms with Gasteiger partial charge in [0.15, 0.2) is 0 Å². The molecule has 1 aliphatic rings. The number of nitrogens with zero attached hydrogens (tertiary/aromatic N) is 2. The van der Waals surface area contributed by atoms with Gasteiger partial charge in [0, 0.05) is 25.7 Å². The summed E-state index contributed by atoms with van der Waals surface area (Å²) in [6, 6.07) is 7.12. The summed E-state index contributed by atoms with van der Waals surface area (Å²) in [4.78, 5) is 7.40. The molecule has 1 N–H and O–H groups in total. The Morgan fingerprint density at radius 2 is 2.00 bits per heavy atom. The number of nitrogens with one attached hydrogen (secondary N) is 1. The first-order valence-corrected chi connectivity index (χ1v) is 8.44. The maximum atomic E-state index is 4.82. The smallest absolute Gasteiger partial charge is 0.0547 e. The Labute approximate surface area is 130 Å². The molecular weight excluding hydrogens is 258 g/mol. The molecule has 0 radical (unpaired) electrons. The lowest BCUT2D eigenvalue weighted by Gasteiger charge is -2.36. The fourth-order valence-electron chi connectivity index (χ4n) is 3.01. The van der Waals surface area contributed by atoms with Crippen molar-refractivity contribution in [3.63, 3.8) is 0 Å². The van der Waals surface area contributed by atoms with Crippen LogP contribution in [0.1, 0.15) is 51.9 Å². The summed E-state index contributed by atoms with van der Waals surface area (Å²) in [6.45, 7) is 13.3. The molecule has 0 spiro atoms. The highest BCUT2D eigenvalue weighted by Crippen LogP contribution is 2.22. The predicted molar refractivity (Wildman–Crippen MR) is 89.1 cm³/mol. The first kappa shape index (κ1) is 16.4. The van der Waals surface area contributed by atoms with Gasteiger partial charge >= 0.3 is 0 Å². The van der Waals surface area contributed by atoms with Gasteiger partial charge in [-0.1, -0.05) is 26.8 Å². The van der Waals surface area contributed by atoms with E-state index in [9.17, 15) is 0 Å². The number of hydrogen-bond acceptors (Lipinski definition) is 3. The lowest BCUT2D eigenvalue weighted by atomic mass is 9.95. The number of hydrogen-bond donors (Lipinski definition) is 1. The third-order valence-corrected chi connectivity index (χ3v) is 4.34. The zero-order chi connectivity index (χ0) is 15.2. The third-order valence-electron chi connectivity index (χ3n) is 4.34. The van der Waals surface area contributed by atoms with Crippen molar-refractivity contribution in [1.82, 2.24) is 15.2 Å². The standard InChI is InChI=1S/C18H31N3/c1-14(2)10-19-11-17-6-5-7-18(20-17)13-21-12-15(3)8-9-16(21)4/h5-7,14-16,19H,8-13H2,1-4H3. The van der Waals surface area contributed by atoms with Gasteiger partial charge in [0.05, 0.1) is 11.4 Å². The van der Waals surface area contributed by atoms with Crippen LogP contribution < -0.4 is 5.32 Å². The Morgan fingerprint density at radius 1 is 1.24 bits per heavy atom. The van der Waals surface area contributed by atoms with E-state index in [2.05, 4.69) is 56.1 Å². The van der Waals surface area contributed by atoms with E-state index in [4.69, 9.17) is 4.98 Å². The van der Waals surface area contributed by atoms with Crippen molar-refractivity contribution in [3.05, 3.63) is 29.6 Å². The van der Waals surface area contributed by atoms with Gasteiger partial charge in [-0.15, -0.1) is 0 Å². The first-order valence-electron chi connectivity index (χ1n) is 8.44. The zero-order valence-corrected chi connectivity index (χ0v) is 14.1. The molecular formula is C18H31N3. The van der Waals surface area contributed by atoms with Crippen molar-refractivity contribution in [2.75, 3.05) is 13.1 Å². The predicted octanol–water partition coefficient (Wildman–Crippen LogP) is 3.45. The minimum absolute atomic E-state index is 0.684. The van der Waals surface area contributed by atoms with Crippen LogP contribution in [0.5, 0.6) is 0 Å². The fraction of sp³-hybridized carbons (Fsp3) is 0.722. The van der Waals surface area contributed by atoms with E-state index in [1.807, 2.05) is 0 Å². The maximum Gasteiger partial charge on any atom is 0.0547 e. The van der Waals surface area contributed by atoms with Crippen molar-refractivity contribution < 1.29 is 0 Å². The van der Waals surface area contributed by atoms with Crippen molar-refractivity contribution in [3.8, 4) is 0 Å². The van der Waals surface area contributed by atoms with Gasteiger partial charge in [-0.05, 0) is 50.3 Å². The van der Waals surface area contributed by atoms with Crippen LogP contribution >= 0.6 is 0 Å². The van der Waals surface area contributed by atoms with Gasteiger partial charge in [-0.2, -0.15) is 0 Å². The van der Waals surface area contributed by atoms with Crippen LogP contribution in [0, 0.1) is 11.8 Å². The normalized spacial score (nSPS) is 23.7. The Morgan fingerprint density at radius 3 is 2.76 bits per heavy atom. The van der Waals surface area contributed by atoms with Gasteiger partial charge < -0.3 is 5.32 Å². The molecule has 1 saturated heterocycles. The summed E-state index contributed by atoms with van der Waals surface area (Å²) in [5, 5.41) is 3.47. The molecule has 118 valence electrons. The molecule has 0 aromatic carbocycles. The molecule has 21 heavy (non-hydrogen) atoms. The molecule has 0 saturated carbocycles. The second-order valence-corrected chi connectivity index (χ2v) is 7.11. The van der Waals surface area contributed by atoms with E-state index in [1.54, 1.807) is 0 Å². The Bertz CT molecular complexity index is 430. The van der Waals surface area contributed by atoms with Crippen LogP contribution in [-0.2, 0) is 13.1 Å². The van der Waals surface area contributed by atoms with Crippen LogP contribution in [0.25, 0.3) is 0 Å². The summed E-state index contributed by atoms with van der Waals surface area (Å²) in [7, 11) is 0. The van der Waals surface area contributed by atoms with E-state index >= 15 is 0 Å². The van der Waals surface area contributed by atoms with Gasteiger partial charge in [0.1, 0.15) is 0 Å².